The molecule has 0 aliphatic rings. The van der Waals surface area contributed by atoms with Crippen molar-refractivity contribution in [2.45, 2.75) is 0 Å². The van der Waals surface area contributed by atoms with Crippen LogP contribution in [0.3, 0.4) is 0 Å². The van der Waals surface area contributed by atoms with Gasteiger partial charge < -0.3 is 0 Å². The molecule has 0 atom stereocenters. The number of thiophene rings is 1. The fourth-order valence-electron chi connectivity index (χ4n) is 6.31. The van der Waals surface area contributed by atoms with Crippen LogP contribution in [-0.4, -0.2) is 15.0 Å². The maximum Gasteiger partial charge on any atom is 0.160 e. The van der Waals surface area contributed by atoms with E-state index in [4.69, 9.17) is 15.0 Å². The summed E-state index contributed by atoms with van der Waals surface area (Å²) in [7, 11) is 0. The molecule has 3 heterocycles. The number of aromatic nitrogens is 3. The number of hydrogen-bond acceptors (Lipinski definition) is 4. The van der Waals surface area contributed by atoms with Crippen molar-refractivity contribution in [3.63, 3.8) is 0 Å². The molecule has 0 aliphatic heterocycles. The summed E-state index contributed by atoms with van der Waals surface area (Å²) in [5.74, 6) is 0.721. The first-order valence-corrected chi connectivity index (χ1v) is 15.9. The fourth-order valence-corrected chi connectivity index (χ4v) is 7.56. The Bertz CT molecular complexity index is 2460. The van der Waals surface area contributed by atoms with E-state index in [2.05, 4.69) is 140 Å². The molecule has 9 rings (SSSR count). The molecule has 0 aliphatic carbocycles. The lowest BCUT2D eigenvalue weighted by Gasteiger charge is -2.11. The number of nitrogens with zero attached hydrogens (tertiary/aromatic N) is 3. The summed E-state index contributed by atoms with van der Waals surface area (Å²) in [5.41, 5.74) is 8.12. The minimum Gasteiger partial charge on any atom is -0.247 e. The topological polar surface area (TPSA) is 38.7 Å². The monoisotopic (exact) mass is 591 g/mol. The van der Waals surface area contributed by atoms with Gasteiger partial charge in [-0.2, -0.15) is 0 Å². The highest BCUT2D eigenvalue weighted by Crippen LogP contribution is 2.44. The Morgan fingerprint density at radius 2 is 1.00 bits per heavy atom. The Morgan fingerprint density at radius 1 is 0.400 bits per heavy atom. The van der Waals surface area contributed by atoms with Gasteiger partial charge in [0.05, 0.1) is 22.6 Å². The second kappa shape index (κ2) is 10.5. The minimum atomic E-state index is 0.721. The third-order valence-electron chi connectivity index (χ3n) is 8.47. The van der Waals surface area contributed by atoms with Crippen LogP contribution in [0.1, 0.15) is 0 Å². The standard InChI is InChI=1S/C41H25N3S/c1-4-12-26(13-5-1)35-25-36(27-14-6-2-7-15-27)44-41(43-35)29-20-23-37-33(24-29)30-21-22-32-38(40(30)45-37)31-18-10-11-19-34(31)42-39(32)28-16-8-3-9-17-28/h1-25H. The molecule has 6 aromatic carbocycles. The van der Waals surface area contributed by atoms with Gasteiger partial charge in [-0.3, -0.25) is 0 Å². The smallest absolute Gasteiger partial charge is 0.160 e. The zero-order valence-electron chi connectivity index (χ0n) is 24.2. The van der Waals surface area contributed by atoms with Crippen molar-refractivity contribution in [1.82, 2.24) is 15.0 Å². The molecule has 3 aromatic heterocycles. The second-order valence-electron chi connectivity index (χ2n) is 11.2. The van der Waals surface area contributed by atoms with Crippen LogP contribution in [-0.2, 0) is 0 Å². The number of benzene rings is 6. The van der Waals surface area contributed by atoms with E-state index in [-0.39, 0.29) is 0 Å². The van der Waals surface area contributed by atoms with Gasteiger partial charge in [-0.15, -0.1) is 11.3 Å². The summed E-state index contributed by atoms with van der Waals surface area (Å²) in [4.78, 5) is 15.3. The van der Waals surface area contributed by atoms with Gasteiger partial charge >= 0.3 is 0 Å². The summed E-state index contributed by atoms with van der Waals surface area (Å²) in [6.45, 7) is 0. The van der Waals surface area contributed by atoms with E-state index >= 15 is 0 Å². The zero-order valence-corrected chi connectivity index (χ0v) is 25.0. The maximum atomic E-state index is 5.14. The Balaban J connectivity index is 1.28. The van der Waals surface area contributed by atoms with E-state index in [0.29, 0.717) is 0 Å². The van der Waals surface area contributed by atoms with E-state index < -0.39 is 0 Å². The van der Waals surface area contributed by atoms with Gasteiger partial charge in [0, 0.05) is 58.6 Å². The molecule has 210 valence electrons. The van der Waals surface area contributed by atoms with Crippen LogP contribution < -0.4 is 0 Å². The van der Waals surface area contributed by atoms with Crippen LogP contribution >= 0.6 is 11.3 Å². The van der Waals surface area contributed by atoms with Crippen molar-refractivity contribution in [2.75, 3.05) is 0 Å². The largest absolute Gasteiger partial charge is 0.247 e. The van der Waals surface area contributed by atoms with Gasteiger partial charge in [0.1, 0.15) is 0 Å². The Labute approximate surface area is 264 Å². The third kappa shape index (κ3) is 4.38. The first-order chi connectivity index (χ1) is 22.3. The van der Waals surface area contributed by atoms with Crippen molar-refractivity contribution in [2.24, 2.45) is 0 Å². The number of pyridine rings is 1. The van der Waals surface area contributed by atoms with Gasteiger partial charge in [-0.1, -0.05) is 121 Å². The molecule has 0 spiro atoms. The third-order valence-corrected chi connectivity index (χ3v) is 9.67. The Morgan fingerprint density at radius 3 is 1.69 bits per heavy atom. The summed E-state index contributed by atoms with van der Waals surface area (Å²) in [6, 6.07) is 52.9. The van der Waals surface area contributed by atoms with Crippen LogP contribution in [0.15, 0.2) is 152 Å². The molecule has 9 aromatic rings. The molecule has 0 unspecified atom stereocenters. The lowest BCUT2D eigenvalue weighted by atomic mass is 9.98. The van der Waals surface area contributed by atoms with Gasteiger partial charge in [-0.25, -0.2) is 15.0 Å². The average Bonchev–Trinajstić information content (AvgIpc) is 3.50. The predicted molar refractivity (Wildman–Crippen MR) is 189 cm³/mol. The van der Waals surface area contributed by atoms with E-state index in [9.17, 15) is 0 Å². The Kier molecular flexibility index (Phi) is 6.00. The Hall–Kier alpha value is -5.71. The van der Waals surface area contributed by atoms with Gasteiger partial charge in [-0.05, 0) is 30.3 Å². The molecule has 0 amide bonds. The molecule has 0 bridgehead atoms. The van der Waals surface area contributed by atoms with Crippen molar-refractivity contribution in [3.05, 3.63) is 152 Å². The molecule has 3 nitrogen and oxygen atoms in total. The number of hydrogen-bond donors (Lipinski definition) is 0. The maximum absolute atomic E-state index is 5.14. The van der Waals surface area contributed by atoms with Crippen LogP contribution in [0, 0.1) is 0 Å². The highest BCUT2D eigenvalue weighted by Gasteiger charge is 2.17. The molecule has 4 heteroatoms. The summed E-state index contributed by atoms with van der Waals surface area (Å²) in [6.07, 6.45) is 0. The summed E-state index contributed by atoms with van der Waals surface area (Å²) < 4.78 is 2.52. The van der Waals surface area contributed by atoms with Crippen molar-refractivity contribution >= 4 is 53.2 Å². The molecule has 0 saturated carbocycles. The highest BCUT2D eigenvalue weighted by molar-refractivity contribution is 7.26. The average molecular weight is 592 g/mol. The van der Waals surface area contributed by atoms with Crippen LogP contribution in [0.25, 0.3) is 87.0 Å². The molecular formula is C41H25N3S. The first-order valence-electron chi connectivity index (χ1n) is 15.0. The van der Waals surface area contributed by atoms with E-state index in [0.717, 1.165) is 50.7 Å². The molecular weight excluding hydrogens is 567 g/mol. The molecule has 0 saturated heterocycles. The first kappa shape index (κ1) is 25.8. The SMILES string of the molecule is c1ccc(-c2cc(-c3ccccc3)nc(-c3ccc4sc5c(ccc6c(-c7ccccc7)nc7ccccc7c65)c4c3)n2)cc1. The highest BCUT2D eigenvalue weighted by atomic mass is 32.1. The number of rotatable bonds is 4. The van der Waals surface area contributed by atoms with Crippen molar-refractivity contribution in [1.29, 1.82) is 0 Å². The quantitative estimate of drug-likeness (QED) is 0.191. The number of fused-ring (bicyclic) bond motifs is 7. The zero-order chi connectivity index (χ0) is 29.7. The summed E-state index contributed by atoms with van der Waals surface area (Å²) >= 11 is 1.85. The molecule has 45 heavy (non-hydrogen) atoms. The van der Waals surface area contributed by atoms with Crippen LogP contribution in [0.4, 0.5) is 0 Å². The van der Waals surface area contributed by atoms with Gasteiger partial charge in [0.25, 0.3) is 0 Å². The molecule has 0 fully saturated rings. The lowest BCUT2D eigenvalue weighted by molar-refractivity contribution is 1.18. The lowest BCUT2D eigenvalue weighted by Crippen LogP contribution is -1.95. The van der Waals surface area contributed by atoms with E-state index in [1.807, 2.05) is 23.5 Å². The van der Waals surface area contributed by atoms with E-state index in [1.165, 1.54) is 36.3 Å². The van der Waals surface area contributed by atoms with E-state index in [1.54, 1.807) is 0 Å². The van der Waals surface area contributed by atoms with Gasteiger partial charge in [0.2, 0.25) is 0 Å². The van der Waals surface area contributed by atoms with Crippen LogP contribution in [0.2, 0.25) is 0 Å². The second-order valence-corrected chi connectivity index (χ2v) is 12.3. The minimum absolute atomic E-state index is 0.721. The normalized spacial score (nSPS) is 11.6. The number of para-hydroxylation sites is 1. The van der Waals surface area contributed by atoms with Gasteiger partial charge in [0.15, 0.2) is 5.82 Å². The van der Waals surface area contributed by atoms with Crippen molar-refractivity contribution in [3.8, 4) is 45.2 Å². The predicted octanol–water partition coefficient (Wildman–Crippen LogP) is 11.2. The molecule has 0 N–H and O–H groups in total. The fraction of sp³-hybridized carbons (Fsp3) is 0. The summed E-state index contributed by atoms with van der Waals surface area (Å²) in [5, 5.41) is 6.06. The molecule has 0 radical (unpaired) electrons. The van der Waals surface area contributed by atoms with Crippen LogP contribution in [0.5, 0.6) is 0 Å². The van der Waals surface area contributed by atoms with Crippen molar-refractivity contribution < 1.29 is 0 Å².